The first kappa shape index (κ1) is 18.5. The van der Waals surface area contributed by atoms with E-state index in [-0.39, 0.29) is 18.4 Å². The Labute approximate surface area is 161 Å². The molecule has 5 nitrogen and oxygen atoms in total. The van der Waals surface area contributed by atoms with Crippen LogP contribution < -0.4 is 4.90 Å². The van der Waals surface area contributed by atoms with Crippen molar-refractivity contribution in [2.75, 3.05) is 31.1 Å². The van der Waals surface area contributed by atoms with Gasteiger partial charge in [-0.25, -0.2) is 0 Å². The number of ether oxygens (including phenoxy) is 1. The van der Waals surface area contributed by atoms with Gasteiger partial charge in [0.05, 0.1) is 13.1 Å². The molecular weight excluding hydrogens is 340 g/mol. The zero-order chi connectivity index (χ0) is 18.7. The molecule has 2 aliphatic heterocycles. The average Bonchev–Trinajstić information content (AvgIpc) is 2.72. The Kier molecular flexibility index (Phi) is 5.48. The smallest absolute Gasteiger partial charge is 0.253 e. The minimum atomic E-state index is -0.426. The summed E-state index contributed by atoms with van der Waals surface area (Å²) in [5, 5.41) is 0. The Morgan fingerprint density at radius 3 is 2.63 bits per heavy atom. The van der Waals surface area contributed by atoms with Gasteiger partial charge < -0.3 is 14.5 Å². The van der Waals surface area contributed by atoms with E-state index >= 15 is 0 Å². The number of carbonyl (C=O) groups is 2. The summed E-state index contributed by atoms with van der Waals surface area (Å²) < 4.78 is 6.06. The fraction of sp³-hybridized carbons (Fsp3) is 0.636. The molecule has 1 aromatic carbocycles. The van der Waals surface area contributed by atoms with Gasteiger partial charge in [-0.3, -0.25) is 9.59 Å². The van der Waals surface area contributed by atoms with E-state index in [1.807, 2.05) is 40.1 Å². The van der Waals surface area contributed by atoms with Crippen LogP contribution in [0.15, 0.2) is 30.3 Å². The van der Waals surface area contributed by atoms with E-state index in [1.165, 1.54) is 32.1 Å². The van der Waals surface area contributed by atoms with Gasteiger partial charge in [0.15, 0.2) is 0 Å². The Morgan fingerprint density at radius 1 is 1.07 bits per heavy atom. The van der Waals surface area contributed by atoms with Crippen molar-refractivity contribution in [3.8, 4) is 0 Å². The van der Waals surface area contributed by atoms with Gasteiger partial charge in [-0.05, 0) is 43.7 Å². The molecule has 1 atom stereocenters. The second-order valence-corrected chi connectivity index (χ2v) is 8.41. The molecule has 146 valence electrons. The second-order valence-electron chi connectivity index (χ2n) is 8.41. The van der Waals surface area contributed by atoms with Crippen LogP contribution in [0.4, 0.5) is 5.69 Å². The molecule has 3 fully saturated rings. The van der Waals surface area contributed by atoms with Crippen LogP contribution in [0.2, 0.25) is 0 Å². The SMILES string of the molecule is O=C(CC1CCCCC1)N1CCCC2(C1)CN(c1ccccc1)C(=O)CO2. The fourth-order valence-electron chi connectivity index (χ4n) is 4.88. The Morgan fingerprint density at radius 2 is 1.85 bits per heavy atom. The predicted octanol–water partition coefficient (Wildman–Crippen LogP) is 3.38. The maximum absolute atomic E-state index is 12.9. The molecule has 0 bridgehead atoms. The molecule has 1 spiro atoms. The lowest BCUT2D eigenvalue weighted by molar-refractivity contribution is -0.154. The van der Waals surface area contributed by atoms with Crippen molar-refractivity contribution >= 4 is 17.5 Å². The number of piperidine rings is 1. The average molecular weight is 370 g/mol. The van der Waals surface area contributed by atoms with E-state index in [9.17, 15) is 9.59 Å². The lowest BCUT2D eigenvalue weighted by atomic mass is 9.85. The van der Waals surface area contributed by atoms with Crippen LogP contribution in [-0.4, -0.2) is 48.6 Å². The van der Waals surface area contributed by atoms with E-state index in [0.29, 0.717) is 25.4 Å². The summed E-state index contributed by atoms with van der Waals surface area (Å²) in [6, 6.07) is 9.78. The monoisotopic (exact) mass is 370 g/mol. The molecule has 5 heteroatoms. The first-order valence-electron chi connectivity index (χ1n) is 10.4. The van der Waals surface area contributed by atoms with Crippen molar-refractivity contribution in [3.63, 3.8) is 0 Å². The van der Waals surface area contributed by atoms with Gasteiger partial charge in [0.2, 0.25) is 5.91 Å². The summed E-state index contributed by atoms with van der Waals surface area (Å²) in [7, 11) is 0. The number of hydrogen-bond donors (Lipinski definition) is 0. The van der Waals surface area contributed by atoms with Gasteiger partial charge in [0.1, 0.15) is 12.2 Å². The molecule has 2 heterocycles. The highest BCUT2D eigenvalue weighted by Crippen LogP contribution is 2.33. The fourth-order valence-corrected chi connectivity index (χ4v) is 4.88. The summed E-state index contributed by atoms with van der Waals surface area (Å²) >= 11 is 0. The lowest BCUT2D eigenvalue weighted by Gasteiger charge is -2.47. The van der Waals surface area contributed by atoms with Gasteiger partial charge in [0, 0.05) is 18.7 Å². The second kappa shape index (κ2) is 8.01. The maximum atomic E-state index is 12.9. The zero-order valence-electron chi connectivity index (χ0n) is 16.1. The van der Waals surface area contributed by atoms with Crippen molar-refractivity contribution in [1.29, 1.82) is 0 Å². The first-order chi connectivity index (χ1) is 13.2. The van der Waals surface area contributed by atoms with E-state index in [1.54, 1.807) is 0 Å². The number of amides is 2. The van der Waals surface area contributed by atoms with E-state index < -0.39 is 5.60 Å². The Balaban J connectivity index is 1.43. The third kappa shape index (κ3) is 4.18. The van der Waals surface area contributed by atoms with Gasteiger partial charge >= 0.3 is 0 Å². The normalized spacial score (nSPS) is 27.2. The molecule has 2 saturated heterocycles. The third-order valence-corrected chi connectivity index (χ3v) is 6.40. The number of para-hydroxylation sites is 1. The zero-order valence-corrected chi connectivity index (χ0v) is 16.1. The molecule has 1 aliphatic carbocycles. The number of hydrogen-bond acceptors (Lipinski definition) is 3. The van der Waals surface area contributed by atoms with Gasteiger partial charge in [0.25, 0.3) is 5.91 Å². The maximum Gasteiger partial charge on any atom is 0.253 e. The molecule has 3 aliphatic rings. The van der Waals surface area contributed by atoms with Crippen molar-refractivity contribution in [2.24, 2.45) is 5.92 Å². The lowest BCUT2D eigenvalue weighted by Crippen LogP contribution is -2.62. The summed E-state index contributed by atoms with van der Waals surface area (Å²) in [6.07, 6.45) is 8.74. The molecular formula is C22H30N2O3. The van der Waals surface area contributed by atoms with Crippen LogP contribution in [0.25, 0.3) is 0 Å². The summed E-state index contributed by atoms with van der Waals surface area (Å²) in [5.74, 6) is 0.823. The minimum absolute atomic E-state index is 0.00233. The van der Waals surface area contributed by atoms with Gasteiger partial charge in [-0.2, -0.15) is 0 Å². The highest BCUT2D eigenvalue weighted by Gasteiger charge is 2.44. The summed E-state index contributed by atoms with van der Waals surface area (Å²) in [4.78, 5) is 29.1. The molecule has 0 aromatic heterocycles. The van der Waals surface area contributed by atoms with Crippen LogP contribution in [0.1, 0.15) is 51.4 Å². The molecule has 1 saturated carbocycles. The summed E-state index contributed by atoms with van der Waals surface area (Å²) in [6.45, 7) is 2.05. The van der Waals surface area contributed by atoms with Crippen molar-refractivity contribution < 1.29 is 14.3 Å². The predicted molar refractivity (Wildman–Crippen MR) is 104 cm³/mol. The van der Waals surface area contributed by atoms with E-state index in [4.69, 9.17) is 4.74 Å². The molecule has 27 heavy (non-hydrogen) atoms. The number of carbonyl (C=O) groups excluding carboxylic acids is 2. The van der Waals surface area contributed by atoms with Crippen LogP contribution in [0.5, 0.6) is 0 Å². The number of rotatable bonds is 3. The van der Waals surface area contributed by atoms with Crippen LogP contribution in [0.3, 0.4) is 0 Å². The van der Waals surface area contributed by atoms with E-state index in [0.717, 1.165) is 25.1 Å². The number of likely N-dealkylation sites (tertiary alicyclic amines) is 1. The van der Waals surface area contributed by atoms with Crippen molar-refractivity contribution in [2.45, 2.75) is 57.0 Å². The molecule has 0 N–H and O–H groups in total. The summed E-state index contributed by atoms with van der Waals surface area (Å²) in [5.41, 5.74) is 0.486. The van der Waals surface area contributed by atoms with Gasteiger partial charge in [-0.15, -0.1) is 0 Å². The first-order valence-corrected chi connectivity index (χ1v) is 10.4. The largest absolute Gasteiger partial charge is 0.361 e. The number of nitrogens with zero attached hydrogens (tertiary/aromatic N) is 2. The topological polar surface area (TPSA) is 49.9 Å². The molecule has 0 radical (unpaired) electrons. The van der Waals surface area contributed by atoms with Crippen LogP contribution in [-0.2, 0) is 14.3 Å². The van der Waals surface area contributed by atoms with E-state index in [2.05, 4.69) is 0 Å². The highest BCUT2D eigenvalue weighted by molar-refractivity contribution is 5.95. The molecule has 2 amide bonds. The highest BCUT2D eigenvalue weighted by atomic mass is 16.5. The number of anilines is 1. The quantitative estimate of drug-likeness (QED) is 0.820. The van der Waals surface area contributed by atoms with Crippen molar-refractivity contribution in [3.05, 3.63) is 30.3 Å². The molecule has 1 aromatic rings. The number of benzene rings is 1. The molecule has 1 unspecified atom stereocenters. The van der Waals surface area contributed by atoms with Gasteiger partial charge in [-0.1, -0.05) is 37.5 Å². The standard InChI is InChI=1S/C22H30N2O3/c25-20(14-18-8-3-1-4-9-18)23-13-7-12-22(16-23)17-24(21(26)15-27-22)19-10-5-2-6-11-19/h2,5-6,10-11,18H,1,3-4,7-9,12-17H2. The Bertz CT molecular complexity index is 671. The Hall–Kier alpha value is -1.88. The molecule has 4 rings (SSSR count). The number of morpholine rings is 1. The van der Waals surface area contributed by atoms with Crippen LogP contribution >= 0.6 is 0 Å². The van der Waals surface area contributed by atoms with Crippen LogP contribution in [0, 0.1) is 5.92 Å². The van der Waals surface area contributed by atoms with Crippen molar-refractivity contribution in [1.82, 2.24) is 4.90 Å². The third-order valence-electron chi connectivity index (χ3n) is 6.40. The minimum Gasteiger partial charge on any atom is -0.361 e.